The number of aliphatic hydroxyl groups excluding tert-OH is 8. The first-order valence-corrected chi connectivity index (χ1v) is 24.9. The Balaban J connectivity index is -0.000000234. The fourth-order valence-electron chi connectivity index (χ4n) is 5.98. The van der Waals surface area contributed by atoms with Gasteiger partial charge < -0.3 is 81.0 Å². The summed E-state index contributed by atoms with van der Waals surface area (Å²) in [6, 6.07) is 57.6. The number of carbonyl (C=O) groups is 2. The van der Waals surface area contributed by atoms with Crippen molar-refractivity contribution < 1.29 is 170 Å². The van der Waals surface area contributed by atoms with Gasteiger partial charge in [-0.05, 0) is 58.7 Å². The summed E-state index contributed by atoms with van der Waals surface area (Å²) in [7, 11) is 10.9. The zero-order chi connectivity index (χ0) is 66.1. The molecule has 0 aliphatic heterocycles. The van der Waals surface area contributed by atoms with Gasteiger partial charge in [-0.3, -0.25) is 19.6 Å². The van der Waals surface area contributed by atoms with Gasteiger partial charge in [0.2, 0.25) is 0 Å². The van der Waals surface area contributed by atoms with Crippen molar-refractivity contribution in [3.63, 3.8) is 0 Å². The second kappa shape index (κ2) is 62.7. The van der Waals surface area contributed by atoms with Crippen LogP contribution in [0, 0.1) is 79.9 Å². The minimum atomic E-state index is -0.264. The maximum atomic E-state index is 11.8. The number of hydrogen-bond donors (Lipinski definition) is 8. The second-order valence-corrected chi connectivity index (χ2v) is 14.4. The molecule has 0 unspecified atom stereocenters. The summed E-state index contributed by atoms with van der Waals surface area (Å²) in [5, 5.41) is 126. The monoisotopic (exact) mass is 1500 g/mol. The number of rotatable bonds is 12. The van der Waals surface area contributed by atoms with Crippen LogP contribution in [0.2, 0.25) is 0 Å². The Hall–Kier alpha value is -7.35. The molecule has 8 aromatic rings. The van der Waals surface area contributed by atoms with Gasteiger partial charge in [0, 0.05) is 80.4 Å². The van der Waals surface area contributed by atoms with Gasteiger partial charge in [-0.2, -0.15) is 0 Å². The number of carbonyl (C=O) groups excluding carboxylic acids is 2. The van der Waals surface area contributed by atoms with E-state index in [9.17, 15) is 40.2 Å². The van der Waals surface area contributed by atoms with Crippen molar-refractivity contribution in [3.8, 4) is 34.5 Å². The molecule has 0 saturated carbocycles. The van der Waals surface area contributed by atoms with Crippen LogP contribution in [0.4, 0.5) is 11.4 Å². The van der Waals surface area contributed by atoms with Crippen molar-refractivity contribution in [2.24, 2.45) is 9.98 Å². The van der Waals surface area contributed by atoms with Gasteiger partial charge in [-0.25, -0.2) is 0 Å². The molecule has 0 bridgehead atoms. The largest absolute Gasteiger partial charge is 3.00 e. The van der Waals surface area contributed by atoms with Gasteiger partial charge in [-0.1, -0.05) is 217 Å². The Morgan fingerprint density at radius 2 is 0.580 bits per heavy atom. The summed E-state index contributed by atoms with van der Waals surface area (Å²) in [6.07, 6.45) is 5.01. The molecule has 8 aromatic carbocycles. The normalized spacial score (nSPS) is 9.25. The van der Waals surface area contributed by atoms with Crippen LogP contribution in [0.1, 0.15) is 43.0 Å². The predicted molar refractivity (Wildman–Crippen MR) is 327 cm³/mol. The van der Waals surface area contributed by atoms with E-state index in [0.29, 0.717) is 44.8 Å². The summed E-state index contributed by atoms with van der Waals surface area (Å²) >= 11 is 0. The Bertz CT molecular complexity index is 2880. The third-order valence-electron chi connectivity index (χ3n) is 9.63. The maximum absolute atomic E-state index is 11.8. The zero-order valence-corrected chi connectivity index (χ0v) is 54.7. The van der Waals surface area contributed by atoms with E-state index in [4.69, 9.17) is 50.3 Å². The van der Waals surface area contributed by atoms with E-state index in [0.717, 1.165) is 69.0 Å². The summed E-state index contributed by atoms with van der Waals surface area (Å²) < 4.78 is 9.85. The fourth-order valence-corrected chi connectivity index (χ4v) is 5.98. The summed E-state index contributed by atoms with van der Waals surface area (Å²) in [4.78, 5) is 31.5. The first kappa shape index (κ1) is 91.8. The predicted octanol–water partition coefficient (Wildman–Crippen LogP) is 4.60. The average Bonchev–Trinajstić information content (AvgIpc) is 3.74. The number of ether oxygens (including phenoxy) is 2. The van der Waals surface area contributed by atoms with Crippen molar-refractivity contribution in [3.05, 3.63) is 252 Å². The quantitative estimate of drug-likeness (QED) is 0.0359. The van der Waals surface area contributed by atoms with E-state index in [1.165, 1.54) is 38.8 Å². The Morgan fingerprint density at radius 3 is 0.830 bits per heavy atom. The molecule has 0 aromatic heterocycles. The van der Waals surface area contributed by atoms with Crippen LogP contribution in [-0.4, -0.2) is 136 Å². The first-order chi connectivity index (χ1) is 42.0. The number of hydrogen-bond acceptors (Lipinski definition) is 20. The fraction of sp³-hybridized carbons (Fsp3) is 0.152. The van der Waals surface area contributed by atoms with Crippen LogP contribution in [0.3, 0.4) is 0 Å². The topological polar surface area (TPSA) is 378 Å². The van der Waals surface area contributed by atoms with E-state index in [1.807, 2.05) is 24.3 Å². The van der Waals surface area contributed by atoms with Crippen LogP contribution in [0.15, 0.2) is 228 Å². The number of allylic oxidation sites excluding steroid dienone is 2. The smallest absolute Gasteiger partial charge is 0.872 e. The van der Waals surface area contributed by atoms with E-state index >= 15 is 0 Å². The molecule has 0 aliphatic rings. The summed E-state index contributed by atoms with van der Waals surface area (Å²) in [5.74, 6) is -1.38. The zero-order valence-electron chi connectivity index (χ0n) is 50.2. The van der Waals surface area contributed by atoms with Crippen molar-refractivity contribution in [2.75, 3.05) is 71.1 Å². The summed E-state index contributed by atoms with van der Waals surface area (Å²) in [6.45, 7) is 0. The molecule has 0 fully saturated rings. The van der Waals surface area contributed by atoms with Gasteiger partial charge in [0.05, 0.1) is 25.6 Å². The minimum Gasteiger partial charge on any atom is -0.872 e. The summed E-state index contributed by atoms with van der Waals surface area (Å²) in [5.41, 5.74) is 3.48. The molecule has 474 valence electrons. The third kappa shape index (κ3) is 37.4. The van der Waals surface area contributed by atoms with Crippen LogP contribution in [0.5, 0.6) is 34.5 Å². The Morgan fingerprint density at radius 1 is 0.341 bits per heavy atom. The molecule has 8 N–H and O–H groups in total. The molecule has 0 atom stereocenters. The molecular weight excluding hydrogens is 1420 g/mol. The van der Waals surface area contributed by atoms with Crippen molar-refractivity contribution in [2.45, 2.75) is 0 Å². The van der Waals surface area contributed by atoms with Gasteiger partial charge in [0.1, 0.15) is 11.5 Å². The number of aliphatic hydroxyl groups is 8. The van der Waals surface area contributed by atoms with Gasteiger partial charge >= 0.3 is 79.9 Å². The Kier molecular flexibility index (Phi) is 65.4. The maximum Gasteiger partial charge on any atom is 3.00 e. The molecule has 8 rings (SSSR count). The second-order valence-electron chi connectivity index (χ2n) is 14.4. The van der Waals surface area contributed by atoms with Crippen LogP contribution >= 0.6 is 0 Å². The molecule has 22 heteroatoms. The number of ketones is 2. The average molecular weight is 1500 g/mol. The van der Waals surface area contributed by atoms with E-state index < -0.39 is 0 Å². The van der Waals surface area contributed by atoms with Crippen molar-refractivity contribution in [1.82, 2.24) is 0 Å². The Labute approximate surface area is 579 Å². The number of nitrogens with zero attached hydrogens (tertiary/aromatic N) is 2. The molecule has 20 nitrogen and oxygen atoms in total. The van der Waals surface area contributed by atoms with Gasteiger partial charge in [-0.15, -0.1) is 0 Å². The van der Waals surface area contributed by atoms with Crippen molar-refractivity contribution in [1.29, 1.82) is 0 Å². The van der Waals surface area contributed by atoms with E-state index in [1.54, 1.807) is 170 Å². The third-order valence-corrected chi connectivity index (χ3v) is 9.63. The van der Waals surface area contributed by atoms with E-state index in [2.05, 4.69) is 9.98 Å². The SMILES string of the molecule is CO.CO.CO.CO.CO.CO.CO.CO.COc1cccc(C=Nc2ccccc2[O-])c1[O-].COc1cccc(C=Nc2ccccc2[O-])c1[O-].O=C(/C=C(\[O-])c1ccccc1)c1ccccc1.O=C(/C=C(\[O-])c1ccccc1)c1ccccc1.[Gd+3].[Gd+3]. The molecule has 0 amide bonds. The van der Waals surface area contributed by atoms with Gasteiger partial charge in [0.25, 0.3) is 0 Å². The number of methoxy groups -OCH3 is 2. The number of benzene rings is 8. The molecule has 88 heavy (non-hydrogen) atoms. The van der Waals surface area contributed by atoms with Crippen LogP contribution in [0.25, 0.3) is 11.5 Å². The number of aliphatic imine (C=N–C) groups is 2. The molecular formula is C66H76Gd2N2O18. The molecule has 0 saturated heterocycles. The van der Waals surface area contributed by atoms with Crippen LogP contribution in [-0.2, 0) is 0 Å². The molecule has 0 spiro atoms. The van der Waals surface area contributed by atoms with Gasteiger partial charge in [0.15, 0.2) is 11.6 Å². The molecule has 2 radical (unpaired) electrons. The molecule has 0 aliphatic carbocycles. The standard InChI is InChI=1S/2C15H12O2.2C14H13NO3.8CH4O.2Gd/c2*16-14(12-7-3-1-4-8-12)11-15(17)13-9-5-2-6-10-13;2*1-18-13-8-4-5-10(14(13)17)9-15-11-6-2-3-7-12(11)16;8*1-2;;/h2*1-11,16H;2*2-9,16-17H,1H3;8*2H,1H3;;/q;;;;;;;;;;;;2*+3/p-6/b2*14-11-;;;;;;;;;;;;. The molecule has 0 heterocycles. The van der Waals surface area contributed by atoms with Crippen molar-refractivity contribution >= 4 is 46.9 Å². The first-order valence-electron chi connectivity index (χ1n) is 24.9. The van der Waals surface area contributed by atoms with E-state index in [-0.39, 0.29) is 137 Å². The number of para-hydroxylation sites is 6. The van der Waals surface area contributed by atoms with Crippen LogP contribution < -0.4 is 40.1 Å². The minimum absolute atomic E-state index is 0.